The van der Waals surface area contributed by atoms with Crippen LogP contribution in [0.15, 0.2) is 24.3 Å². The van der Waals surface area contributed by atoms with Gasteiger partial charge in [-0.3, -0.25) is 19.3 Å². The first-order valence-corrected chi connectivity index (χ1v) is 6.93. The minimum absolute atomic E-state index is 0. The average Bonchev–Trinajstić information content (AvgIpc) is 2.73. The molecule has 120 valence electrons. The summed E-state index contributed by atoms with van der Waals surface area (Å²) in [7, 11) is 1.78. The number of rotatable bonds is 6. The highest BCUT2D eigenvalue weighted by Gasteiger charge is 2.34. The Morgan fingerprint density at radius 3 is 2.23 bits per heavy atom. The van der Waals surface area contributed by atoms with E-state index in [2.05, 4.69) is 10.6 Å². The van der Waals surface area contributed by atoms with Gasteiger partial charge in [-0.25, -0.2) is 0 Å². The Morgan fingerprint density at radius 2 is 1.73 bits per heavy atom. The van der Waals surface area contributed by atoms with Crippen molar-refractivity contribution in [1.82, 2.24) is 15.5 Å². The second kappa shape index (κ2) is 7.91. The van der Waals surface area contributed by atoms with Crippen LogP contribution in [0.2, 0.25) is 0 Å². The summed E-state index contributed by atoms with van der Waals surface area (Å²) in [6.45, 7) is 2.84. The fourth-order valence-corrected chi connectivity index (χ4v) is 2.31. The number of carbonyl (C=O) groups excluding carboxylic acids is 3. The molecule has 1 atom stereocenters. The predicted octanol–water partition coefficient (Wildman–Crippen LogP) is 0.676. The lowest BCUT2D eigenvalue weighted by molar-refractivity contribution is -0.124. The Balaban J connectivity index is 0.00000242. The zero-order valence-corrected chi connectivity index (χ0v) is 13.4. The largest absolute Gasteiger partial charge is 0.354 e. The Labute approximate surface area is 135 Å². The molecule has 2 N–H and O–H groups in total. The van der Waals surface area contributed by atoms with Crippen LogP contribution in [0.5, 0.6) is 0 Å². The third-order valence-corrected chi connectivity index (χ3v) is 3.47. The standard InChI is InChI=1S/C15H19N3O3.ClH/c1-10(9-16-2)13(19)17-7-8-18-14(20)11-5-3-4-6-12(11)15(18)21;/h3-6,10,16H,7-9H2,1-2H3,(H,17,19);1H. The van der Waals surface area contributed by atoms with E-state index in [4.69, 9.17) is 0 Å². The zero-order chi connectivity index (χ0) is 15.4. The molecule has 3 amide bonds. The van der Waals surface area contributed by atoms with E-state index in [0.717, 1.165) is 0 Å². The molecule has 6 nitrogen and oxygen atoms in total. The molecule has 0 saturated carbocycles. The van der Waals surface area contributed by atoms with Crippen LogP contribution in [0.1, 0.15) is 27.6 Å². The molecular formula is C15H20ClN3O3. The topological polar surface area (TPSA) is 78.5 Å². The lowest BCUT2D eigenvalue weighted by Crippen LogP contribution is -2.41. The van der Waals surface area contributed by atoms with Gasteiger partial charge in [0.2, 0.25) is 5.91 Å². The van der Waals surface area contributed by atoms with Crippen LogP contribution in [0.3, 0.4) is 0 Å². The molecule has 1 aromatic carbocycles. The van der Waals surface area contributed by atoms with E-state index >= 15 is 0 Å². The second-order valence-electron chi connectivity index (χ2n) is 5.06. The average molecular weight is 326 g/mol. The number of fused-ring (bicyclic) bond motifs is 1. The van der Waals surface area contributed by atoms with Crippen molar-refractivity contribution in [3.63, 3.8) is 0 Å². The minimum atomic E-state index is -0.298. The van der Waals surface area contributed by atoms with E-state index < -0.39 is 0 Å². The summed E-state index contributed by atoms with van der Waals surface area (Å²) in [5.41, 5.74) is 0.856. The van der Waals surface area contributed by atoms with Crippen LogP contribution < -0.4 is 10.6 Å². The number of hydrogen-bond donors (Lipinski definition) is 2. The molecule has 1 aromatic rings. The number of carbonyl (C=O) groups is 3. The maximum absolute atomic E-state index is 12.1. The minimum Gasteiger partial charge on any atom is -0.354 e. The molecule has 22 heavy (non-hydrogen) atoms. The van der Waals surface area contributed by atoms with Gasteiger partial charge in [0.1, 0.15) is 0 Å². The highest BCUT2D eigenvalue weighted by molar-refractivity contribution is 6.21. The molecule has 7 heteroatoms. The van der Waals surface area contributed by atoms with E-state index in [9.17, 15) is 14.4 Å². The highest BCUT2D eigenvalue weighted by Crippen LogP contribution is 2.21. The maximum atomic E-state index is 12.1. The number of halogens is 1. The van der Waals surface area contributed by atoms with Gasteiger partial charge in [-0.1, -0.05) is 19.1 Å². The van der Waals surface area contributed by atoms with Crippen LogP contribution in [0, 0.1) is 5.92 Å². The summed E-state index contributed by atoms with van der Waals surface area (Å²) in [5, 5.41) is 5.66. The van der Waals surface area contributed by atoms with Crippen molar-refractivity contribution in [3.05, 3.63) is 35.4 Å². The molecule has 0 spiro atoms. The summed E-state index contributed by atoms with van der Waals surface area (Å²) in [4.78, 5) is 37.1. The maximum Gasteiger partial charge on any atom is 0.261 e. The van der Waals surface area contributed by atoms with Gasteiger partial charge in [0.05, 0.1) is 11.1 Å². The van der Waals surface area contributed by atoms with E-state index in [-0.39, 0.29) is 49.1 Å². The van der Waals surface area contributed by atoms with Gasteiger partial charge in [0.25, 0.3) is 11.8 Å². The van der Waals surface area contributed by atoms with Gasteiger partial charge < -0.3 is 10.6 Å². The fourth-order valence-electron chi connectivity index (χ4n) is 2.31. The molecule has 1 unspecified atom stereocenters. The summed E-state index contributed by atoms with van der Waals surface area (Å²) >= 11 is 0. The first kappa shape index (κ1) is 18.1. The van der Waals surface area contributed by atoms with Gasteiger partial charge in [-0.2, -0.15) is 0 Å². The Kier molecular flexibility index (Phi) is 6.52. The van der Waals surface area contributed by atoms with Crippen LogP contribution in [0.4, 0.5) is 0 Å². The molecular weight excluding hydrogens is 306 g/mol. The molecule has 1 aliphatic heterocycles. The Morgan fingerprint density at radius 1 is 1.18 bits per heavy atom. The Bertz CT molecular complexity index is 542. The summed E-state index contributed by atoms with van der Waals surface area (Å²) in [6, 6.07) is 6.75. The monoisotopic (exact) mass is 325 g/mol. The van der Waals surface area contributed by atoms with Crippen molar-refractivity contribution in [1.29, 1.82) is 0 Å². The molecule has 0 aromatic heterocycles. The SMILES string of the molecule is CNCC(C)C(=O)NCCN1C(=O)c2ccccc2C1=O.Cl. The number of benzene rings is 1. The first-order chi connectivity index (χ1) is 10.1. The number of nitrogens with one attached hydrogen (secondary N) is 2. The molecule has 0 saturated heterocycles. The third-order valence-electron chi connectivity index (χ3n) is 3.47. The van der Waals surface area contributed by atoms with Gasteiger partial charge in [-0.15, -0.1) is 12.4 Å². The van der Waals surface area contributed by atoms with E-state index in [1.165, 1.54) is 4.90 Å². The fraction of sp³-hybridized carbons (Fsp3) is 0.400. The lowest BCUT2D eigenvalue weighted by atomic mass is 10.1. The summed E-state index contributed by atoms with van der Waals surface area (Å²) in [6.07, 6.45) is 0. The van der Waals surface area contributed by atoms with Crippen LogP contribution in [-0.2, 0) is 4.79 Å². The van der Waals surface area contributed by atoms with Gasteiger partial charge in [-0.05, 0) is 19.2 Å². The summed E-state index contributed by atoms with van der Waals surface area (Å²) in [5.74, 6) is -0.848. The highest BCUT2D eigenvalue weighted by atomic mass is 35.5. The van der Waals surface area contributed by atoms with Crippen LogP contribution >= 0.6 is 12.4 Å². The number of amides is 3. The lowest BCUT2D eigenvalue weighted by Gasteiger charge is -2.16. The molecule has 0 fully saturated rings. The molecule has 0 bridgehead atoms. The predicted molar refractivity (Wildman–Crippen MR) is 85.2 cm³/mol. The second-order valence-corrected chi connectivity index (χ2v) is 5.06. The molecule has 2 rings (SSSR count). The molecule has 1 aliphatic rings. The van der Waals surface area contributed by atoms with Crippen molar-refractivity contribution in [2.24, 2.45) is 5.92 Å². The van der Waals surface area contributed by atoms with E-state index in [0.29, 0.717) is 17.7 Å². The normalized spacial score (nSPS) is 14.4. The first-order valence-electron chi connectivity index (χ1n) is 6.93. The molecule has 1 heterocycles. The van der Waals surface area contributed by atoms with Gasteiger partial charge >= 0.3 is 0 Å². The van der Waals surface area contributed by atoms with Crippen molar-refractivity contribution in [3.8, 4) is 0 Å². The van der Waals surface area contributed by atoms with Gasteiger partial charge in [0.15, 0.2) is 0 Å². The molecule has 0 radical (unpaired) electrons. The third kappa shape index (κ3) is 3.64. The van der Waals surface area contributed by atoms with Gasteiger partial charge in [0, 0.05) is 25.6 Å². The quantitative estimate of drug-likeness (QED) is 0.754. The smallest absolute Gasteiger partial charge is 0.261 e. The van der Waals surface area contributed by atoms with Crippen molar-refractivity contribution in [2.45, 2.75) is 6.92 Å². The number of hydrogen-bond acceptors (Lipinski definition) is 4. The molecule has 0 aliphatic carbocycles. The Hall–Kier alpha value is -1.92. The van der Waals surface area contributed by atoms with Crippen LogP contribution in [-0.4, -0.2) is 49.3 Å². The van der Waals surface area contributed by atoms with E-state index in [1.807, 2.05) is 6.92 Å². The summed E-state index contributed by atoms with van der Waals surface area (Å²) < 4.78 is 0. The van der Waals surface area contributed by atoms with Crippen molar-refractivity contribution in [2.75, 3.05) is 26.7 Å². The van der Waals surface area contributed by atoms with E-state index in [1.54, 1.807) is 31.3 Å². The van der Waals surface area contributed by atoms with Crippen molar-refractivity contribution >= 4 is 30.1 Å². The number of imide groups is 1. The number of nitrogens with zero attached hydrogens (tertiary/aromatic N) is 1. The zero-order valence-electron chi connectivity index (χ0n) is 12.6. The van der Waals surface area contributed by atoms with Crippen molar-refractivity contribution < 1.29 is 14.4 Å². The van der Waals surface area contributed by atoms with Crippen LogP contribution in [0.25, 0.3) is 0 Å².